The van der Waals surface area contributed by atoms with Crippen LogP contribution in [-0.4, -0.2) is 29.2 Å². The third-order valence-corrected chi connectivity index (χ3v) is 7.50. The monoisotopic (exact) mass is 471 g/mol. The number of amides is 1. The highest BCUT2D eigenvalue weighted by Crippen LogP contribution is 2.38. The summed E-state index contributed by atoms with van der Waals surface area (Å²) in [5.74, 6) is -0.00415. The number of pyridine rings is 1. The van der Waals surface area contributed by atoms with Gasteiger partial charge in [-0.05, 0) is 63.1 Å². The molecule has 1 aliphatic carbocycles. The number of ether oxygens (including phenoxy) is 1. The van der Waals surface area contributed by atoms with Crippen LogP contribution in [0.4, 0.5) is 5.00 Å². The van der Waals surface area contributed by atoms with Crippen LogP contribution < -0.4 is 5.32 Å². The largest absolute Gasteiger partial charge is 0.462 e. The van der Waals surface area contributed by atoms with Crippen LogP contribution in [0.25, 0.3) is 0 Å². The summed E-state index contributed by atoms with van der Waals surface area (Å²) in [7, 11) is 0. The number of nitriles is 1. The highest BCUT2D eigenvalue weighted by molar-refractivity contribution is 7.99. The average molecular weight is 472 g/mol. The van der Waals surface area contributed by atoms with Crippen molar-refractivity contribution in [2.45, 2.75) is 70.2 Å². The molecule has 0 radical (unpaired) electrons. The summed E-state index contributed by atoms with van der Waals surface area (Å²) in [6.45, 7) is 4.22. The second-order valence-corrected chi connectivity index (χ2v) is 9.84. The van der Waals surface area contributed by atoms with E-state index in [1.54, 1.807) is 6.92 Å². The molecule has 170 valence electrons. The molecule has 1 aliphatic rings. The minimum atomic E-state index is -0.358. The van der Waals surface area contributed by atoms with E-state index >= 15 is 0 Å². The lowest BCUT2D eigenvalue weighted by Crippen LogP contribution is -2.16. The van der Waals surface area contributed by atoms with Crippen molar-refractivity contribution < 1.29 is 14.3 Å². The Morgan fingerprint density at radius 1 is 1.28 bits per heavy atom. The first-order chi connectivity index (χ1) is 15.6. The number of nitrogens with zero attached hydrogens (tertiary/aromatic N) is 2. The van der Waals surface area contributed by atoms with E-state index in [1.807, 2.05) is 12.1 Å². The van der Waals surface area contributed by atoms with Gasteiger partial charge in [0.25, 0.3) is 0 Å². The fourth-order valence-electron chi connectivity index (χ4n) is 3.67. The van der Waals surface area contributed by atoms with E-state index in [-0.39, 0.29) is 18.3 Å². The molecule has 0 saturated carbocycles. The second kappa shape index (κ2) is 12.0. The number of rotatable bonds is 10. The maximum absolute atomic E-state index is 12.7. The Morgan fingerprint density at radius 2 is 2.09 bits per heavy atom. The molecule has 0 spiro atoms. The van der Waals surface area contributed by atoms with Crippen LogP contribution in [0.3, 0.4) is 0 Å². The number of esters is 1. The number of anilines is 1. The summed E-state index contributed by atoms with van der Waals surface area (Å²) in [5.41, 5.74) is 3.08. The Balaban J connectivity index is 1.64. The van der Waals surface area contributed by atoms with Crippen molar-refractivity contribution in [1.82, 2.24) is 4.98 Å². The Kier molecular flexibility index (Phi) is 9.12. The topological polar surface area (TPSA) is 92.1 Å². The quantitative estimate of drug-likeness (QED) is 0.362. The minimum Gasteiger partial charge on any atom is -0.462 e. The van der Waals surface area contributed by atoms with E-state index < -0.39 is 0 Å². The molecule has 0 bridgehead atoms. The van der Waals surface area contributed by atoms with E-state index in [0.29, 0.717) is 33.5 Å². The third kappa shape index (κ3) is 6.11. The number of thiophene rings is 1. The van der Waals surface area contributed by atoms with Crippen LogP contribution in [0.1, 0.15) is 78.0 Å². The molecule has 2 aromatic heterocycles. The molecule has 2 aromatic rings. The van der Waals surface area contributed by atoms with Gasteiger partial charge in [-0.3, -0.25) is 4.79 Å². The lowest BCUT2D eigenvalue weighted by atomic mass is 9.95. The molecular formula is C24H29N3O3S2. The molecular weight excluding hydrogens is 442 g/mol. The van der Waals surface area contributed by atoms with Crippen molar-refractivity contribution in [3.8, 4) is 6.07 Å². The predicted molar refractivity (Wildman–Crippen MR) is 128 cm³/mol. The third-order valence-electron chi connectivity index (χ3n) is 5.30. The molecule has 0 saturated heterocycles. The molecule has 0 fully saturated rings. The Morgan fingerprint density at radius 3 is 2.84 bits per heavy atom. The molecule has 1 N–H and O–H groups in total. The summed E-state index contributed by atoms with van der Waals surface area (Å²) in [4.78, 5) is 31.0. The Hall–Kier alpha value is -2.37. The molecule has 6 nitrogen and oxygen atoms in total. The van der Waals surface area contributed by atoms with Gasteiger partial charge in [-0.25, -0.2) is 9.78 Å². The van der Waals surface area contributed by atoms with Crippen LogP contribution in [0.5, 0.6) is 0 Å². The van der Waals surface area contributed by atoms with Crippen molar-refractivity contribution in [1.29, 1.82) is 5.26 Å². The molecule has 8 heteroatoms. The highest BCUT2D eigenvalue weighted by Gasteiger charge is 2.27. The number of nitrogens with one attached hydrogen (secondary N) is 1. The number of aryl methyl sites for hydroxylation is 2. The number of carbonyl (C=O) groups is 2. The fourth-order valence-corrected chi connectivity index (χ4v) is 5.90. The maximum atomic E-state index is 12.7. The lowest BCUT2D eigenvalue weighted by Gasteiger charge is -2.12. The number of hydrogen-bond donors (Lipinski definition) is 1. The van der Waals surface area contributed by atoms with Gasteiger partial charge in [0, 0.05) is 22.7 Å². The van der Waals surface area contributed by atoms with Gasteiger partial charge in [-0.15, -0.1) is 23.1 Å². The van der Waals surface area contributed by atoms with Crippen LogP contribution in [0.2, 0.25) is 0 Å². The fraction of sp³-hybridized carbons (Fsp3) is 0.500. The number of fused-ring (bicyclic) bond motifs is 1. The van der Waals surface area contributed by atoms with Gasteiger partial charge in [0.15, 0.2) is 0 Å². The summed E-state index contributed by atoms with van der Waals surface area (Å²) in [5, 5.41) is 13.6. The van der Waals surface area contributed by atoms with Gasteiger partial charge < -0.3 is 10.1 Å². The van der Waals surface area contributed by atoms with Gasteiger partial charge in [0.1, 0.15) is 16.1 Å². The van der Waals surface area contributed by atoms with E-state index in [0.717, 1.165) is 56.2 Å². The normalized spacial score (nSPS) is 12.7. The van der Waals surface area contributed by atoms with E-state index in [4.69, 9.17) is 4.74 Å². The molecule has 0 aromatic carbocycles. The molecule has 32 heavy (non-hydrogen) atoms. The number of unbranched alkanes of at least 4 members (excludes halogenated alkanes) is 1. The smallest absolute Gasteiger partial charge is 0.341 e. The zero-order valence-electron chi connectivity index (χ0n) is 18.7. The minimum absolute atomic E-state index is 0.151. The predicted octanol–water partition coefficient (Wildman–Crippen LogP) is 5.53. The summed E-state index contributed by atoms with van der Waals surface area (Å²) in [6, 6.07) is 5.89. The standard InChI is InChI=1S/C24H29N3O3S2/c1-3-5-8-17-12-11-16(15-25)22(26-17)31-14-13-20(28)27-23-21(24(29)30-4-2)18-9-6-7-10-19(18)32-23/h11-12H,3-10,13-14H2,1-2H3,(H,27,28). The number of aromatic nitrogens is 1. The highest BCUT2D eigenvalue weighted by atomic mass is 32.2. The number of hydrogen-bond acceptors (Lipinski definition) is 7. The summed E-state index contributed by atoms with van der Waals surface area (Å²) >= 11 is 2.92. The number of thioether (sulfide) groups is 1. The summed E-state index contributed by atoms with van der Waals surface area (Å²) < 4.78 is 5.25. The molecule has 0 aliphatic heterocycles. The first-order valence-corrected chi connectivity index (χ1v) is 13.0. The van der Waals surface area contributed by atoms with Crippen molar-refractivity contribution in [3.05, 3.63) is 39.4 Å². The molecule has 2 heterocycles. The molecule has 3 rings (SSSR count). The zero-order chi connectivity index (χ0) is 22.9. The van der Waals surface area contributed by atoms with E-state index in [9.17, 15) is 14.9 Å². The van der Waals surface area contributed by atoms with Crippen molar-refractivity contribution >= 4 is 40.0 Å². The van der Waals surface area contributed by atoms with Crippen molar-refractivity contribution in [2.75, 3.05) is 17.7 Å². The second-order valence-electron chi connectivity index (χ2n) is 7.65. The van der Waals surface area contributed by atoms with Crippen LogP contribution in [0.15, 0.2) is 17.2 Å². The molecule has 1 amide bonds. The lowest BCUT2D eigenvalue weighted by molar-refractivity contribution is -0.115. The first-order valence-electron chi connectivity index (χ1n) is 11.2. The SMILES string of the molecule is CCCCc1ccc(C#N)c(SCCC(=O)Nc2sc3c(c2C(=O)OCC)CCCC3)n1. The van der Waals surface area contributed by atoms with Gasteiger partial charge >= 0.3 is 5.97 Å². The van der Waals surface area contributed by atoms with E-state index in [2.05, 4.69) is 23.3 Å². The van der Waals surface area contributed by atoms with Gasteiger partial charge in [-0.1, -0.05) is 13.3 Å². The first kappa shape index (κ1) is 24.3. The van der Waals surface area contributed by atoms with E-state index in [1.165, 1.54) is 28.0 Å². The Labute approximate surface area is 197 Å². The molecule has 0 atom stereocenters. The summed E-state index contributed by atoms with van der Waals surface area (Å²) in [6.07, 6.45) is 7.23. The van der Waals surface area contributed by atoms with Crippen LogP contribution in [-0.2, 0) is 28.8 Å². The van der Waals surface area contributed by atoms with Gasteiger partial charge in [0.2, 0.25) is 5.91 Å². The van der Waals surface area contributed by atoms with Crippen molar-refractivity contribution in [3.63, 3.8) is 0 Å². The van der Waals surface area contributed by atoms with Crippen LogP contribution >= 0.6 is 23.1 Å². The van der Waals surface area contributed by atoms with Crippen molar-refractivity contribution in [2.24, 2.45) is 0 Å². The molecule has 0 unspecified atom stereocenters. The maximum Gasteiger partial charge on any atom is 0.341 e. The zero-order valence-corrected chi connectivity index (χ0v) is 20.3. The van der Waals surface area contributed by atoms with Crippen LogP contribution in [0, 0.1) is 11.3 Å². The Bertz CT molecular complexity index is 1010. The average Bonchev–Trinajstić information content (AvgIpc) is 3.15. The number of carbonyl (C=O) groups excluding carboxylic acids is 2. The van der Waals surface area contributed by atoms with Gasteiger partial charge in [0.05, 0.1) is 17.7 Å². The van der Waals surface area contributed by atoms with Gasteiger partial charge in [-0.2, -0.15) is 5.26 Å².